The molecule has 1 spiro atoms. The Morgan fingerprint density at radius 1 is 1.12 bits per heavy atom. The molecule has 4 heterocycles. The molecule has 3 aromatic rings. The molecule has 168 valence electrons. The minimum Gasteiger partial charge on any atom is -0.485 e. The van der Waals surface area contributed by atoms with Crippen LogP contribution in [0.4, 0.5) is 0 Å². The van der Waals surface area contributed by atoms with Crippen LogP contribution in [-0.4, -0.2) is 57.8 Å². The molecule has 2 aromatic heterocycles. The fraction of sp³-hybridized carbons (Fsp3) is 0.440. The van der Waals surface area contributed by atoms with Crippen molar-refractivity contribution in [2.45, 2.75) is 45.4 Å². The second-order valence-corrected chi connectivity index (χ2v) is 9.21. The van der Waals surface area contributed by atoms with Crippen molar-refractivity contribution in [2.24, 2.45) is 0 Å². The third kappa shape index (κ3) is 4.05. The lowest BCUT2D eigenvalue weighted by atomic mass is 9.90. The van der Waals surface area contributed by atoms with Gasteiger partial charge in [-0.1, -0.05) is 18.2 Å². The largest absolute Gasteiger partial charge is 0.485 e. The Hall–Kier alpha value is -3.06. The maximum absolute atomic E-state index is 13.5. The maximum Gasteiger partial charge on any atom is 0.290 e. The summed E-state index contributed by atoms with van der Waals surface area (Å²) in [6, 6.07) is 13.7. The number of rotatable bonds is 3. The zero-order valence-electron chi connectivity index (χ0n) is 19.0. The molecule has 1 amide bonds. The highest BCUT2D eigenvalue weighted by Crippen LogP contribution is 2.36. The number of carbonyl (C=O) groups excluding carboxylic acids is 1. The lowest BCUT2D eigenvalue weighted by Gasteiger charge is -2.41. The Labute approximate surface area is 188 Å². The molecular weight excluding hydrogens is 404 g/mol. The van der Waals surface area contributed by atoms with E-state index >= 15 is 0 Å². The van der Waals surface area contributed by atoms with Gasteiger partial charge in [-0.15, -0.1) is 0 Å². The number of piperidine rings is 1. The second kappa shape index (κ2) is 8.13. The van der Waals surface area contributed by atoms with Crippen molar-refractivity contribution in [2.75, 3.05) is 26.7 Å². The van der Waals surface area contributed by atoms with E-state index in [1.54, 1.807) is 6.07 Å². The van der Waals surface area contributed by atoms with Crippen molar-refractivity contribution in [1.29, 1.82) is 0 Å². The standard InChI is InChI=1S/C25H30N4O3/c1-18-14-19(2)29(26-18)16-21-8-9-23(31-21)24(30)28-15-20-6-4-5-7-22(20)32-25(17-28)10-12-27(3)13-11-25/h4-9,14H,10-13,15-17H2,1-3H3. The molecule has 7 heteroatoms. The van der Waals surface area contributed by atoms with E-state index in [1.165, 1.54) is 0 Å². The molecule has 1 fully saturated rings. The molecule has 0 radical (unpaired) electrons. The van der Waals surface area contributed by atoms with Crippen molar-refractivity contribution in [1.82, 2.24) is 19.6 Å². The minimum absolute atomic E-state index is 0.0942. The van der Waals surface area contributed by atoms with E-state index < -0.39 is 0 Å². The molecule has 0 N–H and O–H groups in total. The molecule has 0 bridgehead atoms. The number of fused-ring (bicyclic) bond motifs is 1. The number of hydrogen-bond donors (Lipinski definition) is 0. The van der Waals surface area contributed by atoms with Crippen LogP contribution in [0.15, 0.2) is 46.9 Å². The van der Waals surface area contributed by atoms with Gasteiger partial charge in [-0.2, -0.15) is 5.10 Å². The van der Waals surface area contributed by atoms with E-state index in [2.05, 4.69) is 17.0 Å². The Bertz CT molecular complexity index is 1120. The van der Waals surface area contributed by atoms with Gasteiger partial charge < -0.3 is 19.0 Å². The highest BCUT2D eigenvalue weighted by atomic mass is 16.5. The van der Waals surface area contributed by atoms with E-state index in [0.29, 0.717) is 25.4 Å². The molecule has 5 rings (SSSR count). The van der Waals surface area contributed by atoms with E-state index in [4.69, 9.17) is 9.15 Å². The van der Waals surface area contributed by atoms with Crippen LogP contribution in [0.25, 0.3) is 0 Å². The molecule has 2 aliphatic heterocycles. The molecule has 1 aromatic carbocycles. The van der Waals surface area contributed by atoms with E-state index in [9.17, 15) is 4.79 Å². The van der Waals surface area contributed by atoms with Crippen LogP contribution in [0.2, 0.25) is 0 Å². The zero-order valence-corrected chi connectivity index (χ0v) is 19.0. The van der Waals surface area contributed by atoms with E-state index in [0.717, 1.165) is 54.4 Å². The maximum atomic E-state index is 13.5. The lowest BCUT2D eigenvalue weighted by molar-refractivity contribution is -0.0109. The molecule has 2 aliphatic rings. The highest BCUT2D eigenvalue weighted by molar-refractivity contribution is 5.91. The number of ether oxygens (including phenoxy) is 1. The summed E-state index contributed by atoms with van der Waals surface area (Å²) in [5.41, 5.74) is 2.70. The number of benzene rings is 1. The van der Waals surface area contributed by atoms with Crippen LogP contribution in [0.3, 0.4) is 0 Å². The van der Waals surface area contributed by atoms with Crippen LogP contribution in [0.1, 0.15) is 46.1 Å². The highest BCUT2D eigenvalue weighted by Gasteiger charge is 2.41. The summed E-state index contributed by atoms with van der Waals surface area (Å²) < 4.78 is 14.5. The molecule has 0 unspecified atom stereocenters. The first-order valence-electron chi connectivity index (χ1n) is 11.3. The van der Waals surface area contributed by atoms with Crippen molar-refractivity contribution in [3.63, 3.8) is 0 Å². The Balaban J connectivity index is 1.40. The van der Waals surface area contributed by atoms with E-state index in [1.807, 2.05) is 59.8 Å². The molecule has 1 saturated heterocycles. The summed E-state index contributed by atoms with van der Waals surface area (Å²) in [5.74, 6) is 1.88. The number of para-hydroxylation sites is 1. The van der Waals surface area contributed by atoms with Crippen LogP contribution < -0.4 is 4.74 Å². The summed E-state index contributed by atoms with van der Waals surface area (Å²) in [7, 11) is 2.13. The Morgan fingerprint density at radius 2 is 1.91 bits per heavy atom. The lowest BCUT2D eigenvalue weighted by Crippen LogP contribution is -2.53. The smallest absolute Gasteiger partial charge is 0.290 e. The van der Waals surface area contributed by atoms with Gasteiger partial charge in [0.1, 0.15) is 17.1 Å². The summed E-state index contributed by atoms with van der Waals surface area (Å²) in [5, 5.41) is 4.49. The molecule has 7 nitrogen and oxygen atoms in total. The second-order valence-electron chi connectivity index (χ2n) is 9.21. The van der Waals surface area contributed by atoms with Crippen molar-refractivity contribution in [3.05, 3.63) is 70.9 Å². The van der Waals surface area contributed by atoms with Gasteiger partial charge in [-0.25, -0.2) is 0 Å². The minimum atomic E-state index is -0.367. The zero-order chi connectivity index (χ0) is 22.3. The van der Waals surface area contributed by atoms with Crippen LogP contribution >= 0.6 is 0 Å². The number of aryl methyl sites for hydroxylation is 2. The van der Waals surface area contributed by atoms with Crippen LogP contribution in [0, 0.1) is 13.8 Å². The number of amides is 1. The molecule has 0 aliphatic carbocycles. The number of hydrogen-bond acceptors (Lipinski definition) is 5. The van der Waals surface area contributed by atoms with Crippen molar-refractivity contribution in [3.8, 4) is 5.75 Å². The first-order chi connectivity index (χ1) is 15.4. The van der Waals surface area contributed by atoms with Crippen molar-refractivity contribution < 1.29 is 13.9 Å². The van der Waals surface area contributed by atoms with Gasteiger partial charge in [0.25, 0.3) is 5.91 Å². The predicted molar refractivity (Wildman–Crippen MR) is 121 cm³/mol. The average Bonchev–Trinajstić information content (AvgIpc) is 3.31. The Morgan fingerprint density at radius 3 is 2.66 bits per heavy atom. The van der Waals surface area contributed by atoms with Gasteiger partial charge in [0.2, 0.25) is 0 Å². The van der Waals surface area contributed by atoms with Gasteiger partial charge >= 0.3 is 0 Å². The fourth-order valence-electron chi connectivity index (χ4n) is 4.76. The fourth-order valence-corrected chi connectivity index (χ4v) is 4.76. The summed E-state index contributed by atoms with van der Waals surface area (Å²) in [6.45, 7) is 7.48. The van der Waals surface area contributed by atoms with Crippen molar-refractivity contribution >= 4 is 5.91 Å². The van der Waals surface area contributed by atoms with Gasteiger partial charge in [0, 0.05) is 43.7 Å². The topological polar surface area (TPSA) is 63.7 Å². The van der Waals surface area contributed by atoms with Gasteiger partial charge in [-0.05, 0) is 45.2 Å². The molecule has 32 heavy (non-hydrogen) atoms. The quantitative estimate of drug-likeness (QED) is 0.630. The van der Waals surface area contributed by atoms with Gasteiger partial charge in [0.05, 0.1) is 18.8 Å². The first kappa shape index (κ1) is 20.8. The Kier molecular flexibility index (Phi) is 5.29. The third-order valence-corrected chi connectivity index (χ3v) is 6.61. The third-order valence-electron chi connectivity index (χ3n) is 6.61. The van der Waals surface area contributed by atoms with Crippen LogP contribution in [-0.2, 0) is 13.1 Å². The molecule has 0 atom stereocenters. The number of aromatic nitrogens is 2. The molecule has 0 saturated carbocycles. The number of likely N-dealkylation sites (tertiary alicyclic amines) is 1. The number of furan rings is 1. The predicted octanol–water partition coefficient (Wildman–Crippen LogP) is 3.64. The number of nitrogens with zero attached hydrogens (tertiary/aromatic N) is 4. The first-order valence-corrected chi connectivity index (χ1v) is 11.3. The normalized spacial score (nSPS) is 18.3. The van der Waals surface area contributed by atoms with Gasteiger partial charge in [-0.3, -0.25) is 9.48 Å². The van der Waals surface area contributed by atoms with Gasteiger partial charge in [0.15, 0.2) is 5.76 Å². The SMILES string of the molecule is Cc1cc(C)n(Cc2ccc(C(=O)N3Cc4ccccc4OC4(CCN(C)CC4)C3)o2)n1. The average molecular weight is 435 g/mol. The summed E-state index contributed by atoms with van der Waals surface area (Å²) in [6.07, 6.45) is 1.78. The van der Waals surface area contributed by atoms with E-state index in [-0.39, 0.29) is 11.5 Å². The summed E-state index contributed by atoms with van der Waals surface area (Å²) >= 11 is 0. The molecular formula is C25H30N4O3. The van der Waals surface area contributed by atoms with Crippen LogP contribution in [0.5, 0.6) is 5.75 Å². The number of carbonyl (C=O) groups is 1. The summed E-state index contributed by atoms with van der Waals surface area (Å²) in [4.78, 5) is 17.7. The monoisotopic (exact) mass is 434 g/mol.